The first-order chi connectivity index (χ1) is 15.3. The van der Waals surface area contributed by atoms with Gasteiger partial charge in [-0.2, -0.15) is 26.3 Å². The Morgan fingerprint density at radius 1 is 1.00 bits per heavy atom. The maximum absolute atomic E-state index is 13.2. The lowest BCUT2D eigenvalue weighted by Gasteiger charge is -2.43. The van der Waals surface area contributed by atoms with Gasteiger partial charge in [0, 0.05) is 19.5 Å². The number of piperazine rings is 1. The number of rotatable bonds is 3. The zero-order chi connectivity index (χ0) is 24.6. The predicted octanol–water partition coefficient (Wildman–Crippen LogP) is 5.24. The fourth-order valence-corrected chi connectivity index (χ4v) is 3.87. The molecule has 1 atom stereocenters. The van der Waals surface area contributed by atoms with E-state index in [1.54, 1.807) is 30.3 Å². The first-order valence-corrected chi connectivity index (χ1v) is 9.92. The van der Waals surface area contributed by atoms with Gasteiger partial charge in [0.25, 0.3) is 5.91 Å². The minimum Gasteiger partial charge on any atom is -0.326 e. The Bertz CT molecular complexity index is 1070. The fourth-order valence-electron chi connectivity index (χ4n) is 3.55. The van der Waals surface area contributed by atoms with Crippen molar-refractivity contribution in [3.63, 3.8) is 0 Å². The van der Waals surface area contributed by atoms with E-state index in [0.29, 0.717) is 16.5 Å². The van der Waals surface area contributed by atoms with Crippen molar-refractivity contribution in [2.75, 3.05) is 13.1 Å². The first kappa shape index (κ1) is 24.6. The standard InChI is InChI=1S/C21H17ClF6N4O/c22-16-13(7-4-8-14(16)20(23,24)25)18(33)31-9-10-32(19(30)21(26,27)28)17(29)15(31)11-12-5-2-1-3-6-12/h1-8,15,29-30H,9-11H2. The number of amidine groups is 2. The summed E-state index contributed by atoms with van der Waals surface area (Å²) in [5.74, 6) is -3.37. The highest BCUT2D eigenvalue weighted by atomic mass is 35.5. The Labute approximate surface area is 189 Å². The van der Waals surface area contributed by atoms with E-state index in [0.717, 1.165) is 17.0 Å². The van der Waals surface area contributed by atoms with Gasteiger partial charge >= 0.3 is 12.4 Å². The molecule has 1 heterocycles. The molecule has 0 radical (unpaired) electrons. The topological polar surface area (TPSA) is 71.2 Å². The maximum Gasteiger partial charge on any atom is 0.449 e. The number of nitrogens with zero attached hydrogens (tertiary/aromatic N) is 2. The summed E-state index contributed by atoms with van der Waals surface area (Å²) >= 11 is 5.88. The molecule has 0 bridgehead atoms. The molecule has 5 nitrogen and oxygen atoms in total. The van der Waals surface area contributed by atoms with E-state index in [-0.39, 0.29) is 13.0 Å². The Hall–Kier alpha value is -3.08. The third kappa shape index (κ3) is 5.13. The molecular formula is C21H17ClF6N4O. The SMILES string of the molecule is N=C1C(Cc2ccccc2)N(C(=O)c2cccc(C(F)(F)F)c2Cl)CCN1C(=N)C(F)(F)F. The monoisotopic (exact) mass is 490 g/mol. The smallest absolute Gasteiger partial charge is 0.326 e. The molecule has 1 unspecified atom stereocenters. The van der Waals surface area contributed by atoms with Gasteiger partial charge in [0.05, 0.1) is 22.2 Å². The van der Waals surface area contributed by atoms with Gasteiger partial charge < -0.3 is 9.80 Å². The van der Waals surface area contributed by atoms with Crippen molar-refractivity contribution in [2.24, 2.45) is 0 Å². The number of amides is 1. The summed E-state index contributed by atoms with van der Waals surface area (Å²) in [7, 11) is 0. The second-order valence-electron chi connectivity index (χ2n) is 7.25. The third-order valence-corrected chi connectivity index (χ3v) is 5.56. The van der Waals surface area contributed by atoms with Crippen LogP contribution in [0, 0.1) is 10.8 Å². The van der Waals surface area contributed by atoms with Crippen LogP contribution in [0.15, 0.2) is 48.5 Å². The molecule has 0 aromatic heterocycles. The van der Waals surface area contributed by atoms with E-state index >= 15 is 0 Å². The molecule has 2 aromatic carbocycles. The number of hydrogen-bond acceptors (Lipinski definition) is 3. The summed E-state index contributed by atoms with van der Waals surface area (Å²) in [6.45, 7) is -0.880. The van der Waals surface area contributed by atoms with Crippen LogP contribution in [-0.4, -0.2) is 52.7 Å². The molecule has 0 spiro atoms. The van der Waals surface area contributed by atoms with E-state index in [9.17, 15) is 31.1 Å². The number of hydrogen-bond donors (Lipinski definition) is 2. The van der Waals surface area contributed by atoms with Crippen molar-refractivity contribution in [1.29, 1.82) is 10.8 Å². The zero-order valence-corrected chi connectivity index (χ0v) is 17.5. The predicted molar refractivity (Wildman–Crippen MR) is 110 cm³/mol. The highest BCUT2D eigenvalue weighted by molar-refractivity contribution is 6.34. The van der Waals surface area contributed by atoms with E-state index < -0.39 is 58.7 Å². The number of carbonyl (C=O) groups is 1. The summed E-state index contributed by atoms with van der Waals surface area (Å²) in [6.07, 6.45) is -9.91. The maximum atomic E-state index is 13.2. The van der Waals surface area contributed by atoms with Crippen molar-refractivity contribution in [3.8, 4) is 0 Å². The fraction of sp³-hybridized carbons (Fsp3) is 0.286. The van der Waals surface area contributed by atoms with Crippen LogP contribution in [0.25, 0.3) is 0 Å². The molecule has 0 aliphatic carbocycles. The van der Waals surface area contributed by atoms with Gasteiger partial charge in [-0.3, -0.25) is 15.6 Å². The summed E-state index contributed by atoms with van der Waals surface area (Å²) in [5.41, 5.74) is -1.11. The molecule has 1 saturated heterocycles. The molecule has 33 heavy (non-hydrogen) atoms. The molecule has 0 saturated carbocycles. The van der Waals surface area contributed by atoms with Crippen LogP contribution in [-0.2, 0) is 12.6 Å². The normalized spacial score (nSPS) is 17.3. The number of halogens is 7. The molecule has 1 aliphatic heterocycles. The molecule has 1 fully saturated rings. The Balaban J connectivity index is 2.00. The Morgan fingerprint density at radius 3 is 2.21 bits per heavy atom. The molecule has 2 N–H and O–H groups in total. The van der Waals surface area contributed by atoms with Crippen LogP contribution >= 0.6 is 11.6 Å². The van der Waals surface area contributed by atoms with Gasteiger partial charge in [-0.25, -0.2) is 0 Å². The van der Waals surface area contributed by atoms with Gasteiger partial charge in [0.1, 0.15) is 5.84 Å². The summed E-state index contributed by atoms with van der Waals surface area (Å²) in [6, 6.07) is 9.85. The minimum atomic E-state index is -5.01. The Kier molecular flexibility index (Phi) is 6.73. The van der Waals surface area contributed by atoms with E-state index in [4.69, 9.17) is 22.4 Å². The van der Waals surface area contributed by atoms with E-state index in [2.05, 4.69) is 0 Å². The molecule has 12 heteroatoms. The van der Waals surface area contributed by atoms with Gasteiger partial charge in [-0.1, -0.05) is 48.0 Å². The van der Waals surface area contributed by atoms with E-state index in [1.807, 2.05) is 0 Å². The van der Waals surface area contributed by atoms with Gasteiger partial charge in [0.15, 0.2) is 0 Å². The average Bonchev–Trinajstić information content (AvgIpc) is 2.73. The lowest BCUT2D eigenvalue weighted by atomic mass is 9.99. The van der Waals surface area contributed by atoms with Crippen LogP contribution in [0.4, 0.5) is 26.3 Å². The van der Waals surface area contributed by atoms with Crippen molar-refractivity contribution >= 4 is 29.2 Å². The minimum absolute atomic E-state index is 0.0797. The van der Waals surface area contributed by atoms with Gasteiger partial charge in [-0.15, -0.1) is 0 Å². The summed E-state index contributed by atoms with van der Waals surface area (Å²) in [4.78, 5) is 14.7. The molecular weight excluding hydrogens is 474 g/mol. The van der Waals surface area contributed by atoms with Crippen LogP contribution in [0.5, 0.6) is 0 Å². The van der Waals surface area contributed by atoms with Crippen molar-refractivity contribution in [1.82, 2.24) is 9.80 Å². The molecule has 1 amide bonds. The third-order valence-electron chi connectivity index (χ3n) is 5.15. The molecule has 176 valence electrons. The van der Waals surface area contributed by atoms with E-state index in [1.165, 1.54) is 0 Å². The Morgan fingerprint density at radius 2 is 1.64 bits per heavy atom. The molecule has 1 aliphatic rings. The summed E-state index contributed by atoms with van der Waals surface area (Å²) in [5, 5.41) is 14.9. The summed E-state index contributed by atoms with van der Waals surface area (Å²) < 4.78 is 79.1. The average molecular weight is 491 g/mol. The zero-order valence-electron chi connectivity index (χ0n) is 16.8. The second kappa shape index (κ2) is 9.05. The van der Waals surface area contributed by atoms with Crippen LogP contribution < -0.4 is 0 Å². The quantitative estimate of drug-likeness (QED) is 0.351. The number of alkyl halides is 6. The molecule has 2 aromatic rings. The number of carbonyl (C=O) groups excluding carboxylic acids is 1. The van der Waals surface area contributed by atoms with Gasteiger partial charge in [0.2, 0.25) is 5.84 Å². The van der Waals surface area contributed by atoms with Crippen molar-refractivity contribution < 1.29 is 31.1 Å². The van der Waals surface area contributed by atoms with Crippen LogP contribution in [0.1, 0.15) is 21.5 Å². The highest BCUT2D eigenvalue weighted by Gasteiger charge is 2.45. The number of benzene rings is 2. The lowest BCUT2D eigenvalue weighted by molar-refractivity contribution is -0.137. The number of nitrogens with one attached hydrogen (secondary N) is 2. The first-order valence-electron chi connectivity index (χ1n) is 9.54. The van der Waals surface area contributed by atoms with Crippen molar-refractivity contribution in [3.05, 3.63) is 70.2 Å². The van der Waals surface area contributed by atoms with Gasteiger partial charge in [-0.05, 0) is 17.7 Å². The van der Waals surface area contributed by atoms with Crippen molar-refractivity contribution in [2.45, 2.75) is 24.8 Å². The van der Waals surface area contributed by atoms with Crippen LogP contribution in [0.3, 0.4) is 0 Å². The second-order valence-corrected chi connectivity index (χ2v) is 7.63. The van der Waals surface area contributed by atoms with Crippen LogP contribution in [0.2, 0.25) is 5.02 Å². The molecule has 3 rings (SSSR count). The lowest BCUT2D eigenvalue weighted by Crippen LogP contribution is -2.62. The largest absolute Gasteiger partial charge is 0.449 e. The highest BCUT2D eigenvalue weighted by Crippen LogP contribution is 2.37.